The van der Waals surface area contributed by atoms with Gasteiger partial charge in [0.05, 0.1) is 19.9 Å². The Kier molecular flexibility index (Phi) is 3.62. The van der Waals surface area contributed by atoms with Gasteiger partial charge in [0.15, 0.2) is 5.69 Å². The molecule has 0 aliphatic heterocycles. The van der Waals surface area contributed by atoms with E-state index >= 15 is 0 Å². The molecule has 0 saturated carbocycles. The summed E-state index contributed by atoms with van der Waals surface area (Å²) in [4.78, 5) is 22.4. The van der Waals surface area contributed by atoms with Crippen LogP contribution in [-0.2, 0) is 21.3 Å². The van der Waals surface area contributed by atoms with Gasteiger partial charge in [-0.2, -0.15) is 5.10 Å². The summed E-state index contributed by atoms with van der Waals surface area (Å²) in [7, 11) is 4.06. The van der Waals surface area contributed by atoms with Crippen molar-refractivity contribution in [2.24, 2.45) is 12.8 Å². The predicted octanol–water partition coefficient (Wildman–Crippen LogP) is -0.620. The van der Waals surface area contributed by atoms with Gasteiger partial charge in [0.25, 0.3) is 0 Å². The molecule has 16 heavy (non-hydrogen) atoms. The standard InChI is InChI=1S/C9H13N3O4/c1-12-6(7(10)9(14)16-3)4-5(11-12)8(13)15-2/h4,7H,10H2,1-3H3. The number of aryl methyl sites for hydroxylation is 1. The Morgan fingerprint density at radius 3 is 2.56 bits per heavy atom. The molecule has 0 aliphatic carbocycles. The van der Waals surface area contributed by atoms with E-state index in [-0.39, 0.29) is 5.69 Å². The van der Waals surface area contributed by atoms with Crippen molar-refractivity contribution in [3.63, 3.8) is 0 Å². The lowest BCUT2D eigenvalue weighted by molar-refractivity contribution is -0.142. The van der Waals surface area contributed by atoms with Crippen molar-refractivity contribution in [1.29, 1.82) is 0 Å². The van der Waals surface area contributed by atoms with Crippen LogP contribution in [0, 0.1) is 0 Å². The fourth-order valence-corrected chi connectivity index (χ4v) is 1.22. The molecule has 0 spiro atoms. The smallest absolute Gasteiger partial charge is 0.358 e. The highest BCUT2D eigenvalue weighted by atomic mass is 16.5. The molecule has 1 aromatic heterocycles. The molecule has 2 N–H and O–H groups in total. The summed E-state index contributed by atoms with van der Waals surface area (Å²) in [6.07, 6.45) is 0. The number of carbonyl (C=O) groups is 2. The van der Waals surface area contributed by atoms with Crippen LogP contribution in [0.2, 0.25) is 0 Å². The van der Waals surface area contributed by atoms with E-state index in [0.717, 1.165) is 0 Å². The molecule has 0 radical (unpaired) electrons. The second-order valence-corrected chi connectivity index (χ2v) is 3.07. The first-order chi connectivity index (χ1) is 7.51. The van der Waals surface area contributed by atoms with Gasteiger partial charge in [-0.25, -0.2) is 9.59 Å². The van der Waals surface area contributed by atoms with Crippen molar-refractivity contribution in [3.05, 3.63) is 17.5 Å². The van der Waals surface area contributed by atoms with Crippen molar-refractivity contribution < 1.29 is 19.1 Å². The average Bonchev–Trinajstić information content (AvgIpc) is 2.68. The number of carbonyl (C=O) groups excluding carboxylic acids is 2. The zero-order chi connectivity index (χ0) is 12.3. The molecule has 0 amide bonds. The van der Waals surface area contributed by atoms with Crippen LogP contribution >= 0.6 is 0 Å². The molecule has 0 aromatic carbocycles. The van der Waals surface area contributed by atoms with Crippen LogP contribution in [0.4, 0.5) is 0 Å². The highest BCUT2D eigenvalue weighted by molar-refractivity contribution is 5.87. The molecule has 0 saturated heterocycles. The SMILES string of the molecule is COC(=O)c1cc(C(N)C(=O)OC)n(C)n1. The zero-order valence-electron chi connectivity index (χ0n) is 9.26. The average molecular weight is 227 g/mol. The highest BCUT2D eigenvalue weighted by Gasteiger charge is 2.23. The first kappa shape index (κ1) is 12.2. The minimum atomic E-state index is -0.971. The lowest BCUT2D eigenvalue weighted by Gasteiger charge is -2.08. The molecule has 7 heteroatoms. The van der Waals surface area contributed by atoms with Crippen LogP contribution in [0.5, 0.6) is 0 Å². The van der Waals surface area contributed by atoms with Crippen LogP contribution in [0.25, 0.3) is 0 Å². The Hall–Kier alpha value is -1.89. The lowest BCUT2D eigenvalue weighted by atomic mass is 10.2. The van der Waals surface area contributed by atoms with Crippen molar-refractivity contribution in [1.82, 2.24) is 9.78 Å². The Labute approximate surface area is 92.1 Å². The molecule has 1 aromatic rings. The monoisotopic (exact) mass is 227 g/mol. The van der Waals surface area contributed by atoms with Gasteiger partial charge in [-0.05, 0) is 6.07 Å². The Balaban J connectivity index is 3.02. The number of esters is 2. The van der Waals surface area contributed by atoms with E-state index in [1.165, 1.54) is 25.0 Å². The van der Waals surface area contributed by atoms with E-state index in [1.807, 2.05) is 0 Å². The first-order valence-corrected chi connectivity index (χ1v) is 4.47. The highest BCUT2D eigenvalue weighted by Crippen LogP contribution is 2.13. The zero-order valence-corrected chi connectivity index (χ0v) is 9.26. The third-order valence-electron chi connectivity index (χ3n) is 2.08. The molecule has 1 rings (SSSR count). The maximum absolute atomic E-state index is 11.2. The van der Waals surface area contributed by atoms with Crippen molar-refractivity contribution in [2.45, 2.75) is 6.04 Å². The number of nitrogens with two attached hydrogens (primary N) is 1. The van der Waals surface area contributed by atoms with Gasteiger partial charge in [-0.3, -0.25) is 4.68 Å². The minimum absolute atomic E-state index is 0.0966. The van der Waals surface area contributed by atoms with Crippen LogP contribution in [-0.4, -0.2) is 35.9 Å². The summed E-state index contributed by atoms with van der Waals surface area (Å²) in [6, 6.07) is 0.425. The number of ether oxygens (including phenoxy) is 2. The predicted molar refractivity (Wildman–Crippen MR) is 53.5 cm³/mol. The fourth-order valence-electron chi connectivity index (χ4n) is 1.22. The van der Waals surface area contributed by atoms with Crippen molar-refractivity contribution >= 4 is 11.9 Å². The Morgan fingerprint density at radius 2 is 2.06 bits per heavy atom. The number of nitrogens with zero attached hydrogens (tertiary/aromatic N) is 2. The maximum Gasteiger partial charge on any atom is 0.358 e. The van der Waals surface area contributed by atoms with Gasteiger partial charge >= 0.3 is 11.9 Å². The number of aromatic nitrogens is 2. The third kappa shape index (κ3) is 2.19. The van der Waals surface area contributed by atoms with E-state index < -0.39 is 18.0 Å². The molecule has 7 nitrogen and oxygen atoms in total. The van der Waals surface area contributed by atoms with E-state index in [4.69, 9.17) is 5.73 Å². The minimum Gasteiger partial charge on any atom is -0.468 e. The van der Waals surface area contributed by atoms with Crippen LogP contribution in [0.3, 0.4) is 0 Å². The van der Waals surface area contributed by atoms with E-state index in [2.05, 4.69) is 14.6 Å². The first-order valence-electron chi connectivity index (χ1n) is 4.47. The van der Waals surface area contributed by atoms with Crippen LogP contribution < -0.4 is 5.73 Å². The van der Waals surface area contributed by atoms with Gasteiger partial charge in [-0.15, -0.1) is 0 Å². The van der Waals surface area contributed by atoms with Crippen LogP contribution in [0.15, 0.2) is 6.07 Å². The summed E-state index contributed by atoms with van der Waals surface area (Å²) in [5.74, 6) is -1.18. The summed E-state index contributed by atoms with van der Waals surface area (Å²) >= 11 is 0. The number of methoxy groups -OCH3 is 2. The van der Waals surface area contributed by atoms with E-state index in [0.29, 0.717) is 5.69 Å². The number of hydrogen-bond acceptors (Lipinski definition) is 6. The van der Waals surface area contributed by atoms with Gasteiger partial charge in [-0.1, -0.05) is 0 Å². The molecule has 0 bridgehead atoms. The van der Waals surface area contributed by atoms with Gasteiger partial charge in [0.2, 0.25) is 0 Å². The Bertz CT molecular complexity index is 413. The molecule has 1 heterocycles. The van der Waals surface area contributed by atoms with Crippen LogP contribution in [0.1, 0.15) is 22.2 Å². The molecule has 0 aliphatic rings. The quantitative estimate of drug-likeness (QED) is 0.691. The summed E-state index contributed by atoms with van der Waals surface area (Å²) in [6.45, 7) is 0. The fraction of sp³-hybridized carbons (Fsp3) is 0.444. The van der Waals surface area contributed by atoms with Gasteiger partial charge in [0.1, 0.15) is 6.04 Å². The van der Waals surface area contributed by atoms with Crippen molar-refractivity contribution in [3.8, 4) is 0 Å². The van der Waals surface area contributed by atoms with Crippen molar-refractivity contribution in [2.75, 3.05) is 14.2 Å². The third-order valence-corrected chi connectivity index (χ3v) is 2.08. The largest absolute Gasteiger partial charge is 0.468 e. The topological polar surface area (TPSA) is 96.4 Å². The second kappa shape index (κ2) is 4.75. The number of hydrogen-bond donors (Lipinski definition) is 1. The second-order valence-electron chi connectivity index (χ2n) is 3.07. The van der Waals surface area contributed by atoms with Gasteiger partial charge in [0, 0.05) is 7.05 Å². The maximum atomic E-state index is 11.2. The Morgan fingerprint density at radius 1 is 1.44 bits per heavy atom. The lowest BCUT2D eigenvalue weighted by Crippen LogP contribution is -2.24. The molecule has 1 unspecified atom stereocenters. The molecular weight excluding hydrogens is 214 g/mol. The molecule has 88 valence electrons. The molecular formula is C9H13N3O4. The normalized spacial score (nSPS) is 12.0. The molecule has 0 fully saturated rings. The summed E-state index contributed by atoms with van der Waals surface area (Å²) < 4.78 is 10.3. The van der Waals surface area contributed by atoms with Gasteiger partial charge < -0.3 is 15.2 Å². The number of rotatable bonds is 3. The molecule has 1 atom stereocenters. The summed E-state index contributed by atoms with van der Waals surface area (Å²) in [5.41, 5.74) is 6.10. The summed E-state index contributed by atoms with van der Waals surface area (Å²) in [5, 5.41) is 3.87. The van der Waals surface area contributed by atoms with E-state index in [1.54, 1.807) is 7.05 Å². The van der Waals surface area contributed by atoms with E-state index in [9.17, 15) is 9.59 Å².